The Labute approximate surface area is 161 Å². The van der Waals surface area contributed by atoms with Gasteiger partial charge < -0.3 is 20.7 Å². The van der Waals surface area contributed by atoms with E-state index in [1.807, 2.05) is 13.8 Å². The summed E-state index contributed by atoms with van der Waals surface area (Å²) in [5.41, 5.74) is 1.20. The first kappa shape index (κ1) is 19.9. The SMILES string of the molecule is CC(C)NC(=O)Nc1ccc(NC(=O)COc2ccc(Cl)cc2Cl)cc1. The van der Waals surface area contributed by atoms with Crippen molar-refractivity contribution in [3.05, 3.63) is 52.5 Å². The molecule has 26 heavy (non-hydrogen) atoms. The summed E-state index contributed by atoms with van der Waals surface area (Å²) in [4.78, 5) is 23.6. The van der Waals surface area contributed by atoms with Gasteiger partial charge in [0.15, 0.2) is 6.61 Å². The fraction of sp³-hybridized carbons (Fsp3) is 0.222. The lowest BCUT2D eigenvalue weighted by Crippen LogP contribution is -2.34. The summed E-state index contributed by atoms with van der Waals surface area (Å²) in [7, 11) is 0. The van der Waals surface area contributed by atoms with Crippen molar-refractivity contribution in [3.63, 3.8) is 0 Å². The number of carbonyl (C=O) groups excluding carboxylic acids is 2. The fourth-order valence-electron chi connectivity index (χ4n) is 2.00. The van der Waals surface area contributed by atoms with Crippen LogP contribution in [0.2, 0.25) is 10.0 Å². The first-order valence-corrected chi connectivity index (χ1v) is 8.64. The summed E-state index contributed by atoms with van der Waals surface area (Å²) in [6, 6.07) is 11.3. The number of carbonyl (C=O) groups is 2. The van der Waals surface area contributed by atoms with E-state index >= 15 is 0 Å². The van der Waals surface area contributed by atoms with Gasteiger partial charge in [-0.25, -0.2) is 4.79 Å². The zero-order chi connectivity index (χ0) is 19.1. The molecule has 138 valence electrons. The number of rotatable bonds is 6. The van der Waals surface area contributed by atoms with E-state index in [0.717, 1.165) is 0 Å². The molecule has 0 radical (unpaired) electrons. The van der Waals surface area contributed by atoms with Crippen LogP contribution in [-0.4, -0.2) is 24.6 Å². The Kier molecular flexibility index (Phi) is 7.12. The molecule has 0 aromatic heterocycles. The molecule has 0 saturated heterocycles. The van der Waals surface area contributed by atoms with Crippen molar-refractivity contribution in [2.24, 2.45) is 0 Å². The molecule has 0 fully saturated rings. The van der Waals surface area contributed by atoms with Crippen LogP contribution in [0.3, 0.4) is 0 Å². The van der Waals surface area contributed by atoms with E-state index in [1.165, 1.54) is 6.07 Å². The Morgan fingerprint density at radius 2 is 1.62 bits per heavy atom. The second kappa shape index (κ2) is 9.31. The van der Waals surface area contributed by atoms with Gasteiger partial charge in [-0.1, -0.05) is 23.2 Å². The average molecular weight is 396 g/mol. The van der Waals surface area contributed by atoms with Crippen LogP contribution in [0.1, 0.15) is 13.8 Å². The van der Waals surface area contributed by atoms with E-state index in [9.17, 15) is 9.59 Å². The predicted octanol–water partition coefficient (Wildman–Crippen LogP) is 4.54. The minimum Gasteiger partial charge on any atom is -0.482 e. The molecule has 2 aromatic carbocycles. The lowest BCUT2D eigenvalue weighted by Gasteiger charge is -2.11. The summed E-state index contributed by atoms with van der Waals surface area (Å²) in [5.74, 6) is 0.0382. The maximum Gasteiger partial charge on any atom is 0.319 e. The number of amides is 3. The van der Waals surface area contributed by atoms with Crippen LogP contribution in [0.25, 0.3) is 0 Å². The van der Waals surface area contributed by atoms with Gasteiger partial charge in [0.05, 0.1) is 5.02 Å². The number of anilines is 2. The molecule has 0 aliphatic rings. The number of hydrogen-bond acceptors (Lipinski definition) is 3. The van der Waals surface area contributed by atoms with E-state index in [-0.39, 0.29) is 24.6 Å². The molecule has 0 bridgehead atoms. The first-order valence-electron chi connectivity index (χ1n) is 7.89. The minimum absolute atomic E-state index is 0.0442. The predicted molar refractivity (Wildman–Crippen MR) is 104 cm³/mol. The van der Waals surface area contributed by atoms with Crippen LogP contribution < -0.4 is 20.7 Å². The number of nitrogens with one attached hydrogen (secondary N) is 3. The van der Waals surface area contributed by atoms with Crippen molar-refractivity contribution >= 4 is 46.5 Å². The summed E-state index contributed by atoms with van der Waals surface area (Å²) in [5, 5.41) is 8.94. The third kappa shape index (κ3) is 6.46. The largest absolute Gasteiger partial charge is 0.482 e. The van der Waals surface area contributed by atoms with E-state index < -0.39 is 0 Å². The number of halogens is 2. The number of ether oxygens (including phenoxy) is 1. The van der Waals surface area contributed by atoms with Gasteiger partial charge in [0, 0.05) is 22.4 Å². The van der Waals surface area contributed by atoms with Crippen molar-refractivity contribution in [2.45, 2.75) is 19.9 Å². The second-order valence-corrected chi connectivity index (χ2v) is 6.59. The quantitative estimate of drug-likeness (QED) is 0.671. The van der Waals surface area contributed by atoms with Gasteiger partial charge in [-0.05, 0) is 56.3 Å². The summed E-state index contributed by atoms with van der Waals surface area (Å²) in [6.07, 6.45) is 0. The highest BCUT2D eigenvalue weighted by Gasteiger charge is 2.08. The maximum absolute atomic E-state index is 12.0. The molecule has 6 nitrogen and oxygen atoms in total. The smallest absolute Gasteiger partial charge is 0.319 e. The van der Waals surface area contributed by atoms with Crippen molar-refractivity contribution in [2.75, 3.05) is 17.2 Å². The van der Waals surface area contributed by atoms with Crippen LogP contribution in [0.4, 0.5) is 16.2 Å². The van der Waals surface area contributed by atoms with Crippen molar-refractivity contribution in [3.8, 4) is 5.75 Å². The van der Waals surface area contributed by atoms with Crippen LogP contribution in [0.5, 0.6) is 5.75 Å². The molecule has 0 aliphatic heterocycles. The van der Waals surface area contributed by atoms with Crippen LogP contribution in [-0.2, 0) is 4.79 Å². The third-order valence-corrected chi connectivity index (χ3v) is 3.63. The number of urea groups is 1. The van der Waals surface area contributed by atoms with Gasteiger partial charge in [-0.3, -0.25) is 4.79 Å². The van der Waals surface area contributed by atoms with Crippen LogP contribution in [0, 0.1) is 0 Å². The Morgan fingerprint density at radius 3 is 2.19 bits per heavy atom. The zero-order valence-electron chi connectivity index (χ0n) is 14.3. The lowest BCUT2D eigenvalue weighted by atomic mass is 10.3. The summed E-state index contributed by atoms with van der Waals surface area (Å²) in [6.45, 7) is 3.55. The molecular weight excluding hydrogens is 377 g/mol. The Morgan fingerprint density at radius 1 is 1.00 bits per heavy atom. The van der Waals surface area contributed by atoms with Crippen LogP contribution >= 0.6 is 23.2 Å². The molecule has 8 heteroatoms. The van der Waals surface area contributed by atoms with Gasteiger partial charge >= 0.3 is 6.03 Å². The van der Waals surface area contributed by atoms with Crippen molar-refractivity contribution in [1.29, 1.82) is 0 Å². The van der Waals surface area contributed by atoms with Gasteiger partial charge in [0.1, 0.15) is 5.75 Å². The molecule has 0 aliphatic carbocycles. The standard InChI is InChI=1S/C18H19Cl2N3O3/c1-11(2)21-18(25)23-14-6-4-13(5-7-14)22-17(24)10-26-16-8-3-12(19)9-15(16)20/h3-9,11H,10H2,1-2H3,(H,22,24)(H2,21,23,25). The minimum atomic E-state index is -0.339. The normalized spacial score (nSPS) is 10.3. The molecule has 0 spiro atoms. The highest BCUT2D eigenvalue weighted by molar-refractivity contribution is 6.35. The summed E-state index contributed by atoms with van der Waals surface area (Å²) >= 11 is 11.8. The molecule has 3 amide bonds. The lowest BCUT2D eigenvalue weighted by molar-refractivity contribution is -0.118. The number of hydrogen-bond donors (Lipinski definition) is 3. The van der Waals surface area contributed by atoms with Crippen molar-refractivity contribution < 1.29 is 14.3 Å². The van der Waals surface area contributed by atoms with Gasteiger partial charge in [0.2, 0.25) is 0 Å². The molecule has 3 N–H and O–H groups in total. The molecule has 0 saturated carbocycles. The van der Waals surface area contributed by atoms with E-state index in [2.05, 4.69) is 16.0 Å². The average Bonchev–Trinajstić information content (AvgIpc) is 2.55. The van der Waals surface area contributed by atoms with Gasteiger partial charge in [0.25, 0.3) is 5.91 Å². The third-order valence-electron chi connectivity index (χ3n) is 3.10. The first-order chi connectivity index (χ1) is 12.3. The van der Waals surface area contributed by atoms with E-state index in [4.69, 9.17) is 27.9 Å². The Hall–Kier alpha value is -2.44. The summed E-state index contributed by atoms with van der Waals surface area (Å²) < 4.78 is 5.37. The Bertz CT molecular complexity index is 780. The zero-order valence-corrected chi connectivity index (χ0v) is 15.8. The fourth-order valence-corrected chi connectivity index (χ4v) is 2.46. The highest BCUT2D eigenvalue weighted by Crippen LogP contribution is 2.27. The molecular formula is C18H19Cl2N3O3. The molecule has 2 aromatic rings. The van der Waals surface area contributed by atoms with E-state index in [1.54, 1.807) is 36.4 Å². The topological polar surface area (TPSA) is 79.5 Å². The number of benzene rings is 2. The highest BCUT2D eigenvalue weighted by atomic mass is 35.5. The van der Waals surface area contributed by atoms with Crippen LogP contribution in [0.15, 0.2) is 42.5 Å². The van der Waals surface area contributed by atoms with E-state index in [0.29, 0.717) is 27.2 Å². The Balaban J connectivity index is 1.84. The molecule has 0 atom stereocenters. The second-order valence-electron chi connectivity index (χ2n) is 5.74. The van der Waals surface area contributed by atoms with Gasteiger partial charge in [-0.15, -0.1) is 0 Å². The molecule has 0 heterocycles. The molecule has 0 unspecified atom stereocenters. The van der Waals surface area contributed by atoms with Crippen molar-refractivity contribution in [1.82, 2.24) is 5.32 Å². The maximum atomic E-state index is 12.0. The monoisotopic (exact) mass is 395 g/mol. The molecule has 2 rings (SSSR count). The van der Waals surface area contributed by atoms with Gasteiger partial charge in [-0.2, -0.15) is 0 Å².